The molecule has 76 valence electrons. The van der Waals surface area contributed by atoms with E-state index in [1.165, 1.54) is 0 Å². The van der Waals surface area contributed by atoms with Crippen LogP contribution in [0, 0.1) is 6.92 Å². The largest absolute Gasteiger partial charge is 0.398 e. The summed E-state index contributed by atoms with van der Waals surface area (Å²) in [6, 6.07) is 7.23. The molecule has 0 aliphatic heterocycles. The molecule has 0 aliphatic rings. The number of benzene rings is 1. The first-order valence-corrected chi connectivity index (χ1v) is 4.58. The molecule has 3 N–H and O–H groups in total. The highest BCUT2D eigenvalue weighted by atomic mass is 16.1. The molecule has 0 radical (unpaired) electrons. The van der Waals surface area contributed by atoms with Crippen molar-refractivity contribution in [3.8, 4) is 11.1 Å². The quantitative estimate of drug-likeness (QED) is 0.683. The zero-order chi connectivity index (χ0) is 10.8. The van der Waals surface area contributed by atoms with Crippen molar-refractivity contribution in [1.82, 2.24) is 10.2 Å². The minimum Gasteiger partial charge on any atom is -0.398 e. The highest BCUT2D eigenvalue weighted by Crippen LogP contribution is 2.20. The third kappa shape index (κ3) is 1.74. The molecule has 15 heavy (non-hydrogen) atoms. The first-order valence-electron chi connectivity index (χ1n) is 4.58. The van der Waals surface area contributed by atoms with Crippen molar-refractivity contribution in [3.63, 3.8) is 0 Å². The average molecular weight is 201 g/mol. The number of hydrogen-bond donors (Lipinski definition) is 2. The van der Waals surface area contributed by atoms with E-state index in [1.54, 1.807) is 18.3 Å². The number of H-pyrrole nitrogens is 1. The van der Waals surface area contributed by atoms with Gasteiger partial charge in [-0.2, -0.15) is 5.10 Å². The molecule has 0 spiro atoms. The molecular formula is C11H11N3O. The molecule has 2 aromatic rings. The minimum absolute atomic E-state index is 0.208. The summed E-state index contributed by atoms with van der Waals surface area (Å²) in [5, 5.41) is 6.03. The van der Waals surface area contributed by atoms with Crippen LogP contribution in [0.5, 0.6) is 0 Å². The second kappa shape index (κ2) is 3.57. The van der Waals surface area contributed by atoms with Crippen LogP contribution >= 0.6 is 0 Å². The zero-order valence-corrected chi connectivity index (χ0v) is 8.32. The summed E-state index contributed by atoms with van der Waals surface area (Å²) in [5.41, 5.74) is 8.65. The van der Waals surface area contributed by atoms with Crippen molar-refractivity contribution in [2.24, 2.45) is 0 Å². The Bertz CT molecular complexity index is 546. The fourth-order valence-electron chi connectivity index (χ4n) is 1.38. The molecule has 2 rings (SSSR count). The predicted octanol–water partition coefficient (Wildman–Crippen LogP) is 1.33. The summed E-state index contributed by atoms with van der Waals surface area (Å²) in [6.07, 6.45) is 1.55. The van der Waals surface area contributed by atoms with Crippen LogP contribution in [0.25, 0.3) is 11.1 Å². The Morgan fingerprint density at radius 3 is 2.80 bits per heavy atom. The standard InChI is InChI=1S/C11H11N3O/c1-7-2-3-8(6-10(7)12)9-4-5-13-14-11(9)15/h2-6H,12H2,1H3,(H,14,15). The van der Waals surface area contributed by atoms with Crippen LogP contribution in [0.1, 0.15) is 5.56 Å². The number of nitrogens with zero attached hydrogens (tertiary/aromatic N) is 1. The van der Waals surface area contributed by atoms with Gasteiger partial charge in [0, 0.05) is 11.9 Å². The number of anilines is 1. The minimum atomic E-state index is -0.208. The SMILES string of the molecule is Cc1ccc(-c2ccn[nH]c2=O)cc1N. The van der Waals surface area contributed by atoms with Crippen LogP contribution in [-0.4, -0.2) is 10.2 Å². The van der Waals surface area contributed by atoms with E-state index in [-0.39, 0.29) is 5.56 Å². The van der Waals surface area contributed by atoms with Crippen molar-refractivity contribution in [3.05, 3.63) is 46.4 Å². The van der Waals surface area contributed by atoms with Crippen LogP contribution in [0.2, 0.25) is 0 Å². The molecule has 1 aromatic carbocycles. The van der Waals surface area contributed by atoms with Crippen molar-refractivity contribution in [1.29, 1.82) is 0 Å². The van der Waals surface area contributed by atoms with Gasteiger partial charge < -0.3 is 5.73 Å². The normalized spacial score (nSPS) is 10.2. The smallest absolute Gasteiger partial charge is 0.272 e. The first kappa shape index (κ1) is 9.45. The molecular weight excluding hydrogens is 190 g/mol. The lowest BCUT2D eigenvalue weighted by molar-refractivity contribution is 0.991. The fourth-order valence-corrected chi connectivity index (χ4v) is 1.38. The molecule has 0 unspecified atom stereocenters. The Labute approximate surface area is 86.8 Å². The van der Waals surface area contributed by atoms with Gasteiger partial charge in [0.1, 0.15) is 0 Å². The molecule has 1 aromatic heterocycles. The summed E-state index contributed by atoms with van der Waals surface area (Å²) in [7, 11) is 0. The van der Waals surface area contributed by atoms with Gasteiger partial charge in [0.25, 0.3) is 5.56 Å². The van der Waals surface area contributed by atoms with Crippen molar-refractivity contribution >= 4 is 5.69 Å². The number of aromatic nitrogens is 2. The molecule has 0 fully saturated rings. The van der Waals surface area contributed by atoms with Crippen LogP contribution < -0.4 is 11.3 Å². The second-order valence-corrected chi connectivity index (χ2v) is 3.37. The number of nitrogen functional groups attached to an aromatic ring is 1. The number of hydrogen-bond acceptors (Lipinski definition) is 3. The van der Waals surface area contributed by atoms with E-state index in [4.69, 9.17) is 5.73 Å². The molecule has 1 heterocycles. The molecule has 0 atom stereocenters. The van der Waals surface area contributed by atoms with E-state index in [1.807, 2.05) is 19.1 Å². The van der Waals surface area contributed by atoms with Crippen LogP contribution in [0.15, 0.2) is 35.3 Å². The summed E-state index contributed by atoms with van der Waals surface area (Å²) < 4.78 is 0. The summed E-state index contributed by atoms with van der Waals surface area (Å²) in [4.78, 5) is 11.5. The number of nitrogens with one attached hydrogen (secondary N) is 1. The maximum absolute atomic E-state index is 11.5. The summed E-state index contributed by atoms with van der Waals surface area (Å²) >= 11 is 0. The van der Waals surface area contributed by atoms with Crippen LogP contribution in [0.4, 0.5) is 5.69 Å². The van der Waals surface area contributed by atoms with Gasteiger partial charge in [0.05, 0.1) is 5.56 Å². The highest BCUT2D eigenvalue weighted by Gasteiger charge is 2.03. The summed E-state index contributed by atoms with van der Waals surface area (Å²) in [6.45, 7) is 1.93. The monoisotopic (exact) mass is 201 g/mol. The number of aryl methyl sites for hydroxylation is 1. The van der Waals surface area contributed by atoms with Crippen LogP contribution in [-0.2, 0) is 0 Å². The molecule has 0 amide bonds. The van der Waals surface area contributed by atoms with E-state index < -0.39 is 0 Å². The average Bonchev–Trinajstić information content (AvgIpc) is 2.23. The number of rotatable bonds is 1. The first-order chi connectivity index (χ1) is 7.18. The number of aromatic amines is 1. The molecule has 0 bridgehead atoms. The highest BCUT2D eigenvalue weighted by molar-refractivity contribution is 5.67. The third-order valence-corrected chi connectivity index (χ3v) is 2.32. The van der Waals surface area contributed by atoms with E-state index >= 15 is 0 Å². The van der Waals surface area contributed by atoms with Crippen LogP contribution in [0.3, 0.4) is 0 Å². The van der Waals surface area contributed by atoms with E-state index in [2.05, 4.69) is 10.2 Å². The Morgan fingerprint density at radius 1 is 1.33 bits per heavy atom. The molecule has 4 heteroatoms. The summed E-state index contributed by atoms with van der Waals surface area (Å²) in [5.74, 6) is 0. The lowest BCUT2D eigenvalue weighted by Gasteiger charge is -2.03. The van der Waals surface area contributed by atoms with E-state index in [0.717, 1.165) is 11.1 Å². The fraction of sp³-hybridized carbons (Fsp3) is 0.0909. The number of nitrogens with two attached hydrogens (primary N) is 1. The van der Waals surface area contributed by atoms with Crippen molar-refractivity contribution in [2.75, 3.05) is 5.73 Å². The van der Waals surface area contributed by atoms with Gasteiger partial charge in [-0.15, -0.1) is 0 Å². The lowest BCUT2D eigenvalue weighted by atomic mass is 10.1. The predicted molar refractivity (Wildman–Crippen MR) is 59.4 cm³/mol. The maximum atomic E-state index is 11.5. The second-order valence-electron chi connectivity index (χ2n) is 3.37. The van der Waals surface area contributed by atoms with E-state index in [0.29, 0.717) is 11.3 Å². The van der Waals surface area contributed by atoms with Crippen molar-refractivity contribution in [2.45, 2.75) is 6.92 Å². The molecule has 4 nitrogen and oxygen atoms in total. The molecule has 0 saturated carbocycles. The van der Waals surface area contributed by atoms with Gasteiger partial charge >= 0.3 is 0 Å². The van der Waals surface area contributed by atoms with Gasteiger partial charge in [-0.1, -0.05) is 12.1 Å². The Morgan fingerprint density at radius 2 is 2.13 bits per heavy atom. The maximum Gasteiger partial charge on any atom is 0.272 e. The topological polar surface area (TPSA) is 71.8 Å². The van der Waals surface area contributed by atoms with Gasteiger partial charge in [-0.25, -0.2) is 5.10 Å². The van der Waals surface area contributed by atoms with Gasteiger partial charge in [-0.05, 0) is 30.2 Å². The van der Waals surface area contributed by atoms with Gasteiger partial charge in [0.2, 0.25) is 0 Å². The Hall–Kier alpha value is -2.10. The molecule has 0 aliphatic carbocycles. The van der Waals surface area contributed by atoms with E-state index in [9.17, 15) is 4.79 Å². The Balaban J connectivity index is 2.60. The van der Waals surface area contributed by atoms with Gasteiger partial charge in [-0.3, -0.25) is 4.79 Å². The zero-order valence-electron chi connectivity index (χ0n) is 8.32. The Kier molecular flexibility index (Phi) is 2.25. The van der Waals surface area contributed by atoms with Gasteiger partial charge in [0.15, 0.2) is 0 Å². The molecule has 0 saturated heterocycles. The third-order valence-electron chi connectivity index (χ3n) is 2.32. The lowest BCUT2D eigenvalue weighted by Crippen LogP contribution is -2.09. The van der Waals surface area contributed by atoms with Crippen molar-refractivity contribution < 1.29 is 0 Å².